The predicted molar refractivity (Wildman–Crippen MR) is 149 cm³/mol. The Bertz CT molecular complexity index is 1270. The van der Waals surface area contributed by atoms with E-state index in [1.165, 1.54) is 12.1 Å². The van der Waals surface area contributed by atoms with Gasteiger partial charge >= 0.3 is 11.9 Å². The molecule has 0 spiro atoms. The van der Waals surface area contributed by atoms with Gasteiger partial charge in [0.2, 0.25) is 0 Å². The number of hydrogen-bond acceptors (Lipinski definition) is 7. The minimum absolute atomic E-state index is 0.00766. The molecule has 0 fully saturated rings. The van der Waals surface area contributed by atoms with Crippen LogP contribution < -0.4 is 0 Å². The van der Waals surface area contributed by atoms with Crippen LogP contribution >= 0.6 is 39.1 Å². The second-order valence-corrected chi connectivity index (χ2v) is 9.54. The number of nitrogens with zero attached hydrogens (tertiary/aromatic N) is 1. The lowest BCUT2D eigenvalue weighted by molar-refractivity contribution is -0.155. The van der Waals surface area contributed by atoms with Crippen molar-refractivity contribution in [3.8, 4) is 0 Å². The fraction of sp³-hybridized carbons (Fsp3) is 0.333. The summed E-state index contributed by atoms with van der Waals surface area (Å²) in [6.07, 6.45) is -1.53. The maximum Gasteiger partial charge on any atom is 0.356 e. The van der Waals surface area contributed by atoms with Crippen molar-refractivity contribution in [2.75, 3.05) is 13.2 Å². The molecule has 0 radical (unpaired) electrons. The molecule has 0 aliphatic carbocycles. The molecule has 0 bridgehead atoms. The summed E-state index contributed by atoms with van der Waals surface area (Å²) < 4.78 is 22.5. The third-order valence-electron chi connectivity index (χ3n) is 5.38. The van der Waals surface area contributed by atoms with Gasteiger partial charge in [-0.15, -0.1) is 0 Å². The van der Waals surface area contributed by atoms with Crippen LogP contribution in [0.3, 0.4) is 0 Å². The molecule has 3 aromatic rings. The lowest BCUT2D eigenvalue weighted by atomic mass is 9.88. The molecule has 0 saturated heterocycles. The first-order valence-electron chi connectivity index (χ1n) is 11.9. The summed E-state index contributed by atoms with van der Waals surface area (Å²) in [5.74, 6) is -2.93. The number of benzene rings is 2. The van der Waals surface area contributed by atoms with Gasteiger partial charge in [0.05, 0.1) is 13.2 Å². The van der Waals surface area contributed by atoms with Gasteiger partial charge < -0.3 is 14.6 Å². The van der Waals surface area contributed by atoms with Crippen LogP contribution in [0.25, 0.3) is 0 Å². The van der Waals surface area contributed by atoms with E-state index >= 15 is 0 Å². The van der Waals surface area contributed by atoms with Crippen molar-refractivity contribution >= 4 is 56.9 Å². The predicted octanol–water partition coefficient (Wildman–Crippen LogP) is 5.97. The Morgan fingerprint density at radius 1 is 1.05 bits per heavy atom. The molecule has 0 unspecified atom stereocenters. The maximum atomic E-state index is 12.7. The number of aromatic nitrogens is 2. The molecule has 2 aromatic carbocycles. The van der Waals surface area contributed by atoms with Crippen molar-refractivity contribution in [1.29, 1.82) is 0 Å². The topological polar surface area (TPSA) is 119 Å². The second-order valence-electron chi connectivity index (χ2n) is 8.14. The second kappa shape index (κ2) is 16.3. The van der Waals surface area contributed by atoms with Crippen LogP contribution in [0, 0.1) is 11.7 Å². The summed E-state index contributed by atoms with van der Waals surface area (Å²) in [4.78, 5) is 36.5. The third kappa shape index (κ3) is 10.0. The molecule has 0 aliphatic rings. The van der Waals surface area contributed by atoms with Crippen LogP contribution in [0.2, 0.25) is 10.0 Å². The highest BCUT2D eigenvalue weighted by Crippen LogP contribution is 2.25. The number of aliphatic hydroxyl groups excluding tert-OH is 1. The van der Waals surface area contributed by atoms with Gasteiger partial charge in [0.15, 0.2) is 11.9 Å². The van der Waals surface area contributed by atoms with Gasteiger partial charge in [-0.2, -0.15) is 5.10 Å². The molecule has 210 valence electrons. The number of aliphatic hydroxyl groups is 1. The van der Waals surface area contributed by atoms with Gasteiger partial charge in [-0.25, -0.2) is 14.0 Å². The zero-order chi connectivity index (χ0) is 28.9. The van der Waals surface area contributed by atoms with E-state index in [4.69, 9.17) is 32.7 Å². The monoisotopic (exact) mass is 644 g/mol. The van der Waals surface area contributed by atoms with E-state index in [9.17, 15) is 23.9 Å². The highest BCUT2D eigenvalue weighted by atomic mass is 79.9. The van der Waals surface area contributed by atoms with Gasteiger partial charge in [0.1, 0.15) is 17.2 Å². The number of H-pyrrole nitrogens is 1. The van der Waals surface area contributed by atoms with Crippen molar-refractivity contribution in [2.24, 2.45) is 5.92 Å². The Hall–Kier alpha value is -2.79. The summed E-state index contributed by atoms with van der Waals surface area (Å²) >= 11 is 14.9. The van der Waals surface area contributed by atoms with E-state index in [2.05, 4.69) is 26.1 Å². The zero-order valence-corrected chi connectivity index (χ0v) is 24.4. The van der Waals surface area contributed by atoms with Gasteiger partial charge in [-0.05, 0) is 49.6 Å². The molecule has 2 atom stereocenters. The van der Waals surface area contributed by atoms with E-state index in [1.54, 1.807) is 50.2 Å². The Morgan fingerprint density at radius 2 is 1.74 bits per heavy atom. The Kier molecular flexibility index (Phi) is 13.6. The Labute approximate surface area is 243 Å². The maximum absolute atomic E-state index is 12.7. The van der Waals surface area contributed by atoms with Gasteiger partial charge in [0.25, 0.3) is 0 Å². The highest BCUT2D eigenvalue weighted by Gasteiger charge is 2.31. The standard InChI is InChI=1S/C20H23ClN2O6.C7H5BrClF/c1-3-28-19(26)16-11-15(22-23-16)17(24)10-13(18(25)20(27)29-4-2)9-12-7-5-6-8-14(12)21;8-4-5-1-2-6(9)3-7(5)10/h5-8,11,13,18,25H,3-4,9-10H2,1-2H3,(H,22,23);1-3H,4H2/t13-,18+;/m0./s1. The number of ketones is 1. The minimum atomic E-state index is -1.52. The van der Waals surface area contributed by atoms with E-state index in [1.807, 2.05) is 0 Å². The molecular formula is C27H28BrCl2FN2O6. The molecular weight excluding hydrogens is 618 g/mol. The van der Waals surface area contributed by atoms with Gasteiger partial charge in [-0.3, -0.25) is 9.89 Å². The molecule has 12 heteroatoms. The Morgan fingerprint density at radius 3 is 2.36 bits per heavy atom. The fourth-order valence-corrected chi connectivity index (χ4v) is 4.24. The molecule has 0 amide bonds. The average Bonchev–Trinajstić information content (AvgIpc) is 3.41. The molecule has 2 N–H and O–H groups in total. The first-order chi connectivity index (χ1) is 18.6. The molecule has 0 aliphatic heterocycles. The van der Waals surface area contributed by atoms with E-state index in [0.717, 1.165) is 0 Å². The fourth-order valence-electron chi connectivity index (χ4n) is 3.41. The van der Waals surface area contributed by atoms with E-state index in [-0.39, 0.29) is 43.3 Å². The van der Waals surface area contributed by atoms with E-state index in [0.29, 0.717) is 26.5 Å². The SMILES string of the molecule is CCOC(=O)c1cc(C(=O)C[C@H](Cc2ccccc2Cl)[C@@H](O)C(=O)OCC)n[nH]1.Fc1cc(Cl)ccc1CBr. The number of carbonyl (C=O) groups excluding carboxylic acids is 3. The lowest BCUT2D eigenvalue weighted by Crippen LogP contribution is -2.34. The smallest absolute Gasteiger partial charge is 0.356 e. The number of aromatic amines is 1. The number of alkyl halides is 1. The molecule has 8 nitrogen and oxygen atoms in total. The van der Waals surface area contributed by atoms with Gasteiger partial charge in [0, 0.05) is 33.8 Å². The number of esters is 2. The van der Waals surface area contributed by atoms with Crippen LogP contribution in [0.15, 0.2) is 48.5 Å². The van der Waals surface area contributed by atoms with Crippen molar-refractivity contribution < 1.29 is 33.4 Å². The number of nitrogens with one attached hydrogen (secondary N) is 1. The molecule has 0 saturated carbocycles. The summed E-state index contributed by atoms with van der Waals surface area (Å²) in [7, 11) is 0. The number of hydrogen-bond donors (Lipinski definition) is 2. The number of carbonyl (C=O) groups is 3. The summed E-state index contributed by atoms with van der Waals surface area (Å²) in [5, 5.41) is 18.2. The number of halogens is 4. The van der Waals surface area contributed by atoms with Crippen molar-refractivity contribution in [3.05, 3.63) is 86.9 Å². The Balaban J connectivity index is 0.000000446. The minimum Gasteiger partial charge on any atom is -0.464 e. The van der Waals surface area contributed by atoms with E-state index < -0.39 is 29.7 Å². The first kappa shape index (κ1) is 32.4. The summed E-state index contributed by atoms with van der Waals surface area (Å²) in [6.45, 7) is 3.58. The number of rotatable bonds is 11. The lowest BCUT2D eigenvalue weighted by Gasteiger charge is -2.21. The first-order valence-corrected chi connectivity index (χ1v) is 13.8. The van der Waals surface area contributed by atoms with Crippen LogP contribution in [0.5, 0.6) is 0 Å². The zero-order valence-electron chi connectivity index (χ0n) is 21.3. The van der Waals surface area contributed by atoms with Crippen molar-refractivity contribution in [1.82, 2.24) is 10.2 Å². The molecule has 1 heterocycles. The highest BCUT2D eigenvalue weighted by molar-refractivity contribution is 9.08. The van der Waals surface area contributed by atoms with Crippen LogP contribution in [0.1, 0.15) is 52.4 Å². The number of Topliss-reactive ketones (excluding diaryl/α,β-unsaturated/α-hetero) is 1. The molecule has 3 rings (SSSR count). The normalized spacial score (nSPS) is 12.1. The molecule has 39 heavy (non-hydrogen) atoms. The van der Waals surface area contributed by atoms with Crippen molar-refractivity contribution in [2.45, 2.75) is 38.1 Å². The van der Waals surface area contributed by atoms with Crippen molar-refractivity contribution in [3.63, 3.8) is 0 Å². The molecule has 1 aromatic heterocycles. The summed E-state index contributed by atoms with van der Waals surface area (Å²) in [6, 6.07) is 12.9. The van der Waals surface area contributed by atoms with Crippen LogP contribution in [-0.4, -0.2) is 52.3 Å². The number of ether oxygens (including phenoxy) is 2. The van der Waals surface area contributed by atoms with Crippen LogP contribution in [-0.2, 0) is 26.0 Å². The van der Waals surface area contributed by atoms with Gasteiger partial charge in [-0.1, -0.05) is 63.4 Å². The third-order valence-corrected chi connectivity index (χ3v) is 6.59. The van der Waals surface area contributed by atoms with Crippen LogP contribution in [0.4, 0.5) is 4.39 Å². The quantitative estimate of drug-likeness (QED) is 0.150. The summed E-state index contributed by atoms with van der Waals surface area (Å²) in [5.41, 5.74) is 1.37. The average molecular weight is 646 g/mol. The largest absolute Gasteiger partial charge is 0.464 e.